The standard InChI is InChI=1S/C14H18N2O2/c1-10(14(17)16-8-4-7-15)13-9-11-5-2-3-6-12(11)18-13/h2-3,5-6,9-10H,4,7-8,15H2,1H3,(H,16,17). The minimum atomic E-state index is -0.282. The third-order valence-corrected chi connectivity index (χ3v) is 2.94. The zero-order valence-electron chi connectivity index (χ0n) is 10.5. The van der Waals surface area contributed by atoms with Crippen LogP contribution in [0.1, 0.15) is 25.0 Å². The van der Waals surface area contributed by atoms with Gasteiger partial charge in [-0.15, -0.1) is 0 Å². The quantitative estimate of drug-likeness (QED) is 0.793. The van der Waals surface area contributed by atoms with Gasteiger partial charge in [0.1, 0.15) is 11.3 Å². The maximum Gasteiger partial charge on any atom is 0.230 e. The van der Waals surface area contributed by atoms with Crippen molar-refractivity contribution in [1.29, 1.82) is 0 Å². The van der Waals surface area contributed by atoms with Crippen LogP contribution < -0.4 is 11.1 Å². The number of carbonyl (C=O) groups is 1. The van der Waals surface area contributed by atoms with E-state index in [2.05, 4.69) is 5.32 Å². The molecule has 4 heteroatoms. The minimum absolute atomic E-state index is 0.0255. The van der Waals surface area contributed by atoms with Gasteiger partial charge in [0.15, 0.2) is 0 Å². The molecule has 0 aliphatic carbocycles. The Morgan fingerprint density at radius 1 is 1.44 bits per heavy atom. The number of para-hydroxylation sites is 1. The Labute approximate surface area is 106 Å². The van der Waals surface area contributed by atoms with E-state index in [1.165, 1.54) is 0 Å². The number of furan rings is 1. The lowest BCUT2D eigenvalue weighted by Crippen LogP contribution is -2.29. The van der Waals surface area contributed by atoms with Crippen LogP contribution in [0.2, 0.25) is 0 Å². The minimum Gasteiger partial charge on any atom is -0.460 e. The van der Waals surface area contributed by atoms with E-state index in [9.17, 15) is 4.79 Å². The van der Waals surface area contributed by atoms with E-state index in [1.807, 2.05) is 37.3 Å². The number of nitrogens with two attached hydrogens (primary N) is 1. The van der Waals surface area contributed by atoms with Crippen molar-refractivity contribution in [3.63, 3.8) is 0 Å². The molecule has 1 aromatic heterocycles. The molecular formula is C14H18N2O2. The Morgan fingerprint density at radius 3 is 2.94 bits per heavy atom. The molecule has 1 unspecified atom stereocenters. The molecule has 0 fully saturated rings. The molecule has 0 radical (unpaired) electrons. The molecule has 1 atom stereocenters. The molecule has 0 aliphatic heterocycles. The van der Waals surface area contributed by atoms with Gasteiger partial charge in [-0.05, 0) is 32.0 Å². The Morgan fingerprint density at radius 2 is 2.22 bits per heavy atom. The molecule has 0 saturated heterocycles. The van der Waals surface area contributed by atoms with Crippen LogP contribution in [0.3, 0.4) is 0 Å². The summed E-state index contributed by atoms with van der Waals surface area (Å²) >= 11 is 0. The number of fused-ring (bicyclic) bond motifs is 1. The second kappa shape index (κ2) is 5.69. The van der Waals surface area contributed by atoms with Crippen molar-refractivity contribution in [3.8, 4) is 0 Å². The van der Waals surface area contributed by atoms with Gasteiger partial charge < -0.3 is 15.5 Å². The van der Waals surface area contributed by atoms with E-state index in [0.717, 1.165) is 17.4 Å². The normalized spacial score (nSPS) is 12.6. The van der Waals surface area contributed by atoms with Gasteiger partial charge in [-0.1, -0.05) is 18.2 Å². The maximum atomic E-state index is 11.9. The van der Waals surface area contributed by atoms with E-state index < -0.39 is 0 Å². The summed E-state index contributed by atoms with van der Waals surface area (Å²) in [6.45, 7) is 3.04. The van der Waals surface area contributed by atoms with Crippen LogP contribution in [0.25, 0.3) is 11.0 Å². The van der Waals surface area contributed by atoms with Gasteiger partial charge in [0.2, 0.25) is 5.91 Å². The Kier molecular flexibility index (Phi) is 3.99. The van der Waals surface area contributed by atoms with Crippen LogP contribution in [0, 0.1) is 0 Å². The average molecular weight is 246 g/mol. The second-order valence-corrected chi connectivity index (χ2v) is 4.34. The van der Waals surface area contributed by atoms with Gasteiger partial charge in [-0.3, -0.25) is 4.79 Å². The molecule has 2 aromatic rings. The van der Waals surface area contributed by atoms with Gasteiger partial charge in [0.25, 0.3) is 0 Å². The zero-order valence-corrected chi connectivity index (χ0v) is 10.5. The molecule has 1 aromatic carbocycles. The van der Waals surface area contributed by atoms with Crippen molar-refractivity contribution in [2.45, 2.75) is 19.3 Å². The maximum absolute atomic E-state index is 11.9. The average Bonchev–Trinajstić information content (AvgIpc) is 2.81. The predicted molar refractivity (Wildman–Crippen MR) is 71.3 cm³/mol. The Balaban J connectivity index is 2.08. The van der Waals surface area contributed by atoms with Crippen LogP contribution in [0.4, 0.5) is 0 Å². The first-order valence-corrected chi connectivity index (χ1v) is 6.18. The number of hydrogen-bond acceptors (Lipinski definition) is 3. The fraction of sp³-hybridized carbons (Fsp3) is 0.357. The Bertz CT molecular complexity index is 500. The van der Waals surface area contributed by atoms with Gasteiger partial charge in [-0.25, -0.2) is 0 Å². The number of benzene rings is 1. The van der Waals surface area contributed by atoms with Crippen LogP contribution in [0.15, 0.2) is 34.7 Å². The summed E-state index contributed by atoms with van der Waals surface area (Å²) in [6.07, 6.45) is 0.790. The van der Waals surface area contributed by atoms with E-state index in [0.29, 0.717) is 18.8 Å². The smallest absolute Gasteiger partial charge is 0.230 e. The third-order valence-electron chi connectivity index (χ3n) is 2.94. The molecular weight excluding hydrogens is 228 g/mol. The van der Waals surface area contributed by atoms with E-state index in [1.54, 1.807) is 0 Å². The molecule has 0 aliphatic rings. The van der Waals surface area contributed by atoms with Gasteiger partial charge >= 0.3 is 0 Å². The summed E-state index contributed by atoms with van der Waals surface area (Å²) in [6, 6.07) is 9.66. The highest BCUT2D eigenvalue weighted by Crippen LogP contribution is 2.24. The molecule has 96 valence electrons. The number of amides is 1. The first-order chi connectivity index (χ1) is 8.72. The highest BCUT2D eigenvalue weighted by Gasteiger charge is 2.18. The fourth-order valence-corrected chi connectivity index (χ4v) is 1.81. The fourth-order valence-electron chi connectivity index (χ4n) is 1.81. The van der Waals surface area contributed by atoms with E-state index in [-0.39, 0.29) is 11.8 Å². The lowest BCUT2D eigenvalue weighted by molar-refractivity contribution is -0.122. The summed E-state index contributed by atoms with van der Waals surface area (Å²) in [4.78, 5) is 11.9. The number of rotatable bonds is 5. The third kappa shape index (κ3) is 2.71. The highest BCUT2D eigenvalue weighted by atomic mass is 16.3. The summed E-state index contributed by atoms with van der Waals surface area (Å²) in [5.41, 5.74) is 6.20. The highest BCUT2D eigenvalue weighted by molar-refractivity contribution is 5.85. The second-order valence-electron chi connectivity index (χ2n) is 4.34. The summed E-state index contributed by atoms with van der Waals surface area (Å²) in [7, 11) is 0. The van der Waals surface area contributed by atoms with Crippen molar-refractivity contribution in [3.05, 3.63) is 36.1 Å². The lowest BCUT2D eigenvalue weighted by Gasteiger charge is -2.09. The van der Waals surface area contributed by atoms with E-state index in [4.69, 9.17) is 10.2 Å². The van der Waals surface area contributed by atoms with Gasteiger partial charge in [0, 0.05) is 11.9 Å². The van der Waals surface area contributed by atoms with E-state index >= 15 is 0 Å². The largest absolute Gasteiger partial charge is 0.460 e. The van der Waals surface area contributed by atoms with Crippen molar-refractivity contribution in [1.82, 2.24) is 5.32 Å². The first kappa shape index (κ1) is 12.6. The van der Waals surface area contributed by atoms with Crippen molar-refractivity contribution in [2.24, 2.45) is 5.73 Å². The lowest BCUT2D eigenvalue weighted by atomic mass is 10.1. The van der Waals surface area contributed by atoms with Crippen LogP contribution >= 0.6 is 0 Å². The number of carbonyl (C=O) groups excluding carboxylic acids is 1. The van der Waals surface area contributed by atoms with Gasteiger partial charge in [0.05, 0.1) is 5.92 Å². The van der Waals surface area contributed by atoms with Crippen LogP contribution in [-0.4, -0.2) is 19.0 Å². The summed E-state index contributed by atoms with van der Waals surface area (Å²) < 4.78 is 5.67. The molecule has 0 bridgehead atoms. The SMILES string of the molecule is CC(C(=O)NCCCN)c1cc2ccccc2o1. The molecule has 4 nitrogen and oxygen atoms in total. The van der Waals surface area contributed by atoms with Gasteiger partial charge in [-0.2, -0.15) is 0 Å². The predicted octanol–water partition coefficient (Wildman–Crippen LogP) is 2.00. The van der Waals surface area contributed by atoms with Crippen LogP contribution in [-0.2, 0) is 4.79 Å². The van der Waals surface area contributed by atoms with Crippen molar-refractivity contribution >= 4 is 16.9 Å². The molecule has 1 amide bonds. The monoisotopic (exact) mass is 246 g/mol. The van der Waals surface area contributed by atoms with Crippen molar-refractivity contribution < 1.29 is 9.21 Å². The number of nitrogens with one attached hydrogen (secondary N) is 1. The molecule has 3 N–H and O–H groups in total. The summed E-state index contributed by atoms with van der Waals surface area (Å²) in [5.74, 6) is 0.388. The molecule has 1 heterocycles. The topological polar surface area (TPSA) is 68.3 Å². The Hall–Kier alpha value is -1.81. The molecule has 18 heavy (non-hydrogen) atoms. The molecule has 0 spiro atoms. The zero-order chi connectivity index (χ0) is 13.0. The molecule has 0 saturated carbocycles. The number of hydrogen-bond donors (Lipinski definition) is 2. The van der Waals surface area contributed by atoms with Crippen LogP contribution in [0.5, 0.6) is 0 Å². The molecule has 2 rings (SSSR count). The van der Waals surface area contributed by atoms with Crippen molar-refractivity contribution in [2.75, 3.05) is 13.1 Å². The first-order valence-electron chi connectivity index (χ1n) is 6.18. The summed E-state index contributed by atoms with van der Waals surface area (Å²) in [5, 5.41) is 3.87.